The summed E-state index contributed by atoms with van der Waals surface area (Å²) in [5.74, 6) is 1.99. The Kier molecular flexibility index (Phi) is 33.1. The van der Waals surface area contributed by atoms with Gasteiger partial charge in [-0.2, -0.15) is 0 Å². The Hall–Kier alpha value is -2.17. The van der Waals surface area contributed by atoms with Crippen molar-refractivity contribution in [2.24, 2.45) is 0 Å². The topological polar surface area (TPSA) is 54.0 Å². The largest absolute Gasteiger partial charge is 0.493 e. The Morgan fingerprint density at radius 3 is 1.20 bits per heavy atom. The molecule has 1 aliphatic rings. The fourth-order valence-corrected chi connectivity index (χ4v) is 7.90. The standard InChI is InChI=1S/C51H90O5/c1-4-7-10-13-16-19-22-25-28-34-41-53-48-45-50(55-43-36-30-27-24-21-18-15-12-9-6-3)49(54-42-35-29-26-23-20-17-14-11-8-5-2)44-46(48)39-40-51(52)56-47-37-32-31-33-38-47/h39-40,44-45,47H,4-38,41-43H2,1-3H3. The average Bonchev–Trinajstić information content (AvgIpc) is 3.21. The van der Waals surface area contributed by atoms with Gasteiger partial charge in [-0.1, -0.05) is 201 Å². The minimum atomic E-state index is -0.272. The Bertz CT molecular complexity index is 1060. The molecular formula is C51H90O5. The van der Waals surface area contributed by atoms with Gasteiger partial charge in [0.1, 0.15) is 11.9 Å². The van der Waals surface area contributed by atoms with Crippen LogP contribution < -0.4 is 14.2 Å². The van der Waals surface area contributed by atoms with Crippen LogP contribution >= 0.6 is 0 Å². The monoisotopic (exact) mass is 783 g/mol. The zero-order valence-corrected chi connectivity index (χ0v) is 37.3. The summed E-state index contributed by atoms with van der Waals surface area (Å²) >= 11 is 0. The normalized spacial score (nSPS) is 13.4. The molecule has 0 aliphatic heterocycles. The number of carbonyl (C=O) groups excluding carboxylic acids is 1. The fraction of sp³-hybridized carbons (Fsp3) is 0.824. The van der Waals surface area contributed by atoms with Crippen LogP contribution in [0.4, 0.5) is 0 Å². The number of hydrogen-bond donors (Lipinski definition) is 0. The van der Waals surface area contributed by atoms with E-state index in [0.717, 1.165) is 67.8 Å². The molecule has 0 N–H and O–H groups in total. The Labute approximate surface area is 347 Å². The van der Waals surface area contributed by atoms with E-state index in [9.17, 15) is 4.79 Å². The minimum absolute atomic E-state index is 0.0366. The van der Waals surface area contributed by atoms with Crippen LogP contribution in [0.1, 0.15) is 251 Å². The van der Waals surface area contributed by atoms with E-state index in [1.54, 1.807) is 6.08 Å². The Morgan fingerprint density at radius 1 is 0.464 bits per heavy atom. The van der Waals surface area contributed by atoms with Crippen LogP contribution in [0, 0.1) is 0 Å². The zero-order chi connectivity index (χ0) is 40.0. The van der Waals surface area contributed by atoms with Crippen LogP contribution in [0.5, 0.6) is 17.2 Å². The van der Waals surface area contributed by atoms with Gasteiger partial charge in [-0.15, -0.1) is 0 Å². The van der Waals surface area contributed by atoms with E-state index < -0.39 is 0 Å². The van der Waals surface area contributed by atoms with Crippen molar-refractivity contribution in [3.05, 3.63) is 23.8 Å². The van der Waals surface area contributed by atoms with Gasteiger partial charge in [-0.3, -0.25) is 0 Å². The van der Waals surface area contributed by atoms with E-state index in [1.165, 1.54) is 180 Å². The van der Waals surface area contributed by atoms with Gasteiger partial charge < -0.3 is 18.9 Å². The van der Waals surface area contributed by atoms with E-state index in [1.807, 2.05) is 18.2 Å². The molecule has 0 heterocycles. The third-order valence-electron chi connectivity index (χ3n) is 11.6. The fourth-order valence-electron chi connectivity index (χ4n) is 7.90. The van der Waals surface area contributed by atoms with E-state index in [0.29, 0.717) is 19.8 Å². The van der Waals surface area contributed by atoms with Gasteiger partial charge >= 0.3 is 5.97 Å². The molecule has 5 nitrogen and oxygen atoms in total. The van der Waals surface area contributed by atoms with Gasteiger partial charge in [0.05, 0.1) is 19.8 Å². The predicted molar refractivity (Wildman–Crippen MR) is 240 cm³/mol. The molecule has 0 unspecified atom stereocenters. The van der Waals surface area contributed by atoms with Crippen LogP contribution in [-0.2, 0) is 9.53 Å². The lowest BCUT2D eigenvalue weighted by molar-refractivity contribution is -0.144. The Balaban J connectivity index is 2.01. The second-order valence-corrected chi connectivity index (χ2v) is 17.0. The molecule has 324 valence electrons. The molecule has 2 rings (SSSR count). The second-order valence-electron chi connectivity index (χ2n) is 17.0. The van der Waals surface area contributed by atoms with Crippen LogP contribution in [0.3, 0.4) is 0 Å². The lowest BCUT2D eigenvalue weighted by Gasteiger charge is -2.21. The lowest BCUT2D eigenvalue weighted by atomic mass is 9.98. The molecule has 1 fully saturated rings. The van der Waals surface area contributed by atoms with Crippen molar-refractivity contribution in [3.8, 4) is 17.2 Å². The molecule has 0 radical (unpaired) electrons. The summed E-state index contributed by atoms with van der Waals surface area (Å²) in [4.78, 5) is 12.9. The minimum Gasteiger partial charge on any atom is -0.493 e. The lowest BCUT2D eigenvalue weighted by Crippen LogP contribution is -2.19. The molecule has 1 aliphatic carbocycles. The molecule has 0 atom stereocenters. The number of rotatable bonds is 39. The van der Waals surface area contributed by atoms with E-state index in [-0.39, 0.29) is 12.1 Å². The summed E-state index contributed by atoms with van der Waals surface area (Å²) in [6.45, 7) is 8.84. The summed E-state index contributed by atoms with van der Waals surface area (Å²) in [5, 5.41) is 0. The van der Waals surface area contributed by atoms with E-state index in [4.69, 9.17) is 18.9 Å². The maximum absolute atomic E-state index is 12.9. The highest BCUT2D eigenvalue weighted by Gasteiger charge is 2.17. The highest BCUT2D eigenvalue weighted by molar-refractivity contribution is 5.88. The van der Waals surface area contributed by atoms with Gasteiger partial charge in [0.25, 0.3) is 0 Å². The van der Waals surface area contributed by atoms with Crippen LogP contribution in [0.15, 0.2) is 18.2 Å². The van der Waals surface area contributed by atoms with Crippen LogP contribution in [0.2, 0.25) is 0 Å². The molecular weight excluding hydrogens is 693 g/mol. The first kappa shape index (κ1) is 50.0. The third kappa shape index (κ3) is 27.5. The summed E-state index contributed by atoms with van der Waals surface area (Å²) < 4.78 is 25.2. The average molecular weight is 783 g/mol. The molecule has 0 aromatic heterocycles. The van der Waals surface area contributed by atoms with Crippen molar-refractivity contribution in [1.29, 1.82) is 0 Å². The summed E-state index contributed by atoms with van der Waals surface area (Å²) in [7, 11) is 0. The summed E-state index contributed by atoms with van der Waals surface area (Å²) in [6, 6.07) is 4.05. The maximum atomic E-state index is 12.9. The van der Waals surface area contributed by atoms with Crippen molar-refractivity contribution in [2.45, 2.75) is 252 Å². The summed E-state index contributed by atoms with van der Waals surface area (Å²) in [6.07, 6.45) is 47.8. The molecule has 1 aromatic rings. The van der Waals surface area contributed by atoms with Gasteiger partial charge in [-0.25, -0.2) is 4.79 Å². The number of carbonyl (C=O) groups is 1. The molecule has 5 heteroatoms. The molecule has 1 aromatic carbocycles. The maximum Gasteiger partial charge on any atom is 0.331 e. The number of hydrogen-bond acceptors (Lipinski definition) is 5. The molecule has 0 spiro atoms. The van der Waals surface area contributed by atoms with Crippen molar-refractivity contribution < 1.29 is 23.7 Å². The molecule has 0 bridgehead atoms. The quantitative estimate of drug-likeness (QED) is 0.0378. The molecule has 0 saturated heterocycles. The number of ether oxygens (including phenoxy) is 4. The van der Waals surface area contributed by atoms with Gasteiger partial charge in [0, 0.05) is 17.7 Å². The smallest absolute Gasteiger partial charge is 0.331 e. The number of benzene rings is 1. The number of esters is 1. The van der Waals surface area contributed by atoms with Crippen molar-refractivity contribution in [2.75, 3.05) is 19.8 Å². The molecule has 1 saturated carbocycles. The zero-order valence-electron chi connectivity index (χ0n) is 37.3. The van der Waals surface area contributed by atoms with Crippen LogP contribution in [-0.4, -0.2) is 31.9 Å². The van der Waals surface area contributed by atoms with Gasteiger partial charge in [0.15, 0.2) is 11.5 Å². The predicted octanol–water partition coefficient (Wildman–Crippen LogP) is 16.5. The van der Waals surface area contributed by atoms with Crippen molar-refractivity contribution >= 4 is 12.0 Å². The van der Waals surface area contributed by atoms with E-state index >= 15 is 0 Å². The Morgan fingerprint density at radius 2 is 0.804 bits per heavy atom. The van der Waals surface area contributed by atoms with Crippen LogP contribution in [0.25, 0.3) is 6.08 Å². The second kappa shape index (κ2) is 37.1. The highest BCUT2D eigenvalue weighted by Crippen LogP contribution is 2.37. The molecule has 0 amide bonds. The third-order valence-corrected chi connectivity index (χ3v) is 11.6. The summed E-state index contributed by atoms with van der Waals surface area (Å²) in [5.41, 5.74) is 0.849. The highest BCUT2D eigenvalue weighted by atomic mass is 16.5. The van der Waals surface area contributed by atoms with Gasteiger partial charge in [0.2, 0.25) is 0 Å². The number of unbranched alkanes of at least 4 members (excludes halogenated alkanes) is 27. The first-order chi connectivity index (χ1) is 27.7. The molecule has 56 heavy (non-hydrogen) atoms. The first-order valence-corrected chi connectivity index (χ1v) is 24.6. The van der Waals surface area contributed by atoms with E-state index in [2.05, 4.69) is 20.8 Å². The van der Waals surface area contributed by atoms with Crippen molar-refractivity contribution in [1.82, 2.24) is 0 Å². The van der Waals surface area contributed by atoms with Crippen molar-refractivity contribution in [3.63, 3.8) is 0 Å². The first-order valence-electron chi connectivity index (χ1n) is 24.6. The SMILES string of the molecule is CCCCCCCCCCCCOc1cc(OCCCCCCCCCCCC)c(OCCCCCCCCCCCC)cc1C=CC(=O)OC1CCCCC1. The van der Waals surface area contributed by atoms with Gasteiger partial charge in [-0.05, 0) is 57.1 Å².